The number of nitriles is 1. The molecule has 0 radical (unpaired) electrons. The molecule has 10 heteroatoms. The fraction of sp³-hybridized carbons (Fsp3) is 0.100. The highest BCUT2D eigenvalue weighted by Crippen LogP contribution is 2.21. The third kappa shape index (κ3) is 4.48. The van der Waals surface area contributed by atoms with Crippen LogP contribution in [-0.2, 0) is 14.3 Å². The summed E-state index contributed by atoms with van der Waals surface area (Å²) in [5, 5.41) is 20.5. The van der Waals surface area contributed by atoms with E-state index in [0.717, 1.165) is 0 Å². The molecule has 0 fully saturated rings. The van der Waals surface area contributed by atoms with Crippen molar-refractivity contribution in [2.45, 2.75) is 6.92 Å². The first-order valence-electron chi connectivity index (χ1n) is 8.67. The number of Topliss-reactive ketones (excluding diaryl/α,β-unsaturated/α-hetero) is 1. The molecule has 2 aromatic heterocycles. The number of hydrogen-bond acceptors (Lipinski definition) is 9. The third-order valence-electron chi connectivity index (χ3n) is 3.88. The van der Waals surface area contributed by atoms with Crippen LogP contribution in [0.1, 0.15) is 12.7 Å². The van der Waals surface area contributed by atoms with Crippen LogP contribution >= 0.6 is 0 Å². The van der Waals surface area contributed by atoms with Crippen molar-refractivity contribution in [1.29, 1.82) is 5.26 Å². The molecule has 0 saturated heterocycles. The van der Waals surface area contributed by atoms with Gasteiger partial charge < -0.3 is 14.9 Å². The van der Waals surface area contributed by atoms with Crippen LogP contribution in [0.4, 0.5) is 0 Å². The van der Waals surface area contributed by atoms with Gasteiger partial charge in [-0.2, -0.15) is 9.94 Å². The van der Waals surface area contributed by atoms with Crippen molar-refractivity contribution in [3.63, 3.8) is 0 Å². The molecule has 0 saturated carbocycles. The van der Waals surface area contributed by atoms with E-state index < -0.39 is 18.4 Å². The summed E-state index contributed by atoms with van der Waals surface area (Å²) in [6.07, 6.45) is 2.81. The highest BCUT2D eigenvalue weighted by molar-refractivity contribution is 6.16. The lowest BCUT2D eigenvalue weighted by Gasteiger charge is -2.09. The zero-order valence-corrected chi connectivity index (χ0v) is 15.8. The Morgan fingerprint density at radius 3 is 2.67 bits per heavy atom. The number of esters is 1. The number of benzene rings is 1. The van der Waals surface area contributed by atoms with E-state index in [1.54, 1.807) is 42.5 Å². The summed E-state index contributed by atoms with van der Waals surface area (Å²) in [4.78, 5) is 24.9. The maximum atomic E-state index is 12.8. The van der Waals surface area contributed by atoms with Gasteiger partial charge in [-0.3, -0.25) is 4.79 Å². The van der Waals surface area contributed by atoms with Gasteiger partial charge in [-0.1, -0.05) is 30.3 Å². The Kier molecular flexibility index (Phi) is 6.14. The van der Waals surface area contributed by atoms with Gasteiger partial charge in [0.1, 0.15) is 17.4 Å². The van der Waals surface area contributed by atoms with E-state index in [0.29, 0.717) is 11.3 Å². The summed E-state index contributed by atoms with van der Waals surface area (Å²) in [6.45, 7) is 0.738. The van der Waals surface area contributed by atoms with Gasteiger partial charge in [0.05, 0.1) is 6.26 Å². The molecule has 10 nitrogen and oxygen atoms in total. The van der Waals surface area contributed by atoms with Gasteiger partial charge in [0.15, 0.2) is 18.1 Å². The number of hydrogen-bond donors (Lipinski definition) is 1. The zero-order chi connectivity index (χ0) is 21.5. The SMILES string of the molecule is C/C(N)=C(\C#N)C(=O)COC(=O)/C(=C\c1ccco1)n1nnnc1-c1ccccc1. The van der Waals surface area contributed by atoms with Crippen LogP contribution in [0, 0.1) is 11.3 Å². The van der Waals surface area contributed by atoms with E-state index >= 15 is 0 Å². The van der Waals surface area contributed by atoms with Gasteiger partial charge >= 0.3 is 5.97 Å². The van der Waals surface area contributed by atoms with Crippen LogP contribution < -0.4 is 5.73 Å². The number of nitrogens with two attached hydrogens (primary N) is 1. The van der Waals surface area contributed by atoms with Crippen LogP contribution in [0.15, 0.2) is 64.4 Å². The Hall–Kier alpha value is -4.52. The van der Waals surface area contributed by atoms with Gasteiger partial charge in [0.25, 0.3) is 0 Å². The first-order valence-corrected chi connectivity index (χ1v) is 8.67. The van der Waals surface area contributed by atoms with E-state index in [-0.39, 0.29) is 22.8 Å². The number of carbonyl (C=O) groups is 2. The van der Waals surface area contributed by atoms with E-state index in [1.807, 2.05) is 6.07 Å². The van der Waals surface area contributed by atoms with Crippen molar-refractivity contribution >= 4 is 23.5 Å². The van der Waals surface area contributed by atoms with Gasteiger partial charge in [0, 0.05) is 17.3 Å². The number of tetrazole rings is 1. The lowest BCUT2D eigenvalue weighted by Crippen LogP contribution is -2.20. The summed E-state index contributed by atoms with van der Waals surface area (Å²) in [5.74, 6) is -0.982. The molecule has 0 bridgehead atoms. The Balaban J connectivity index is 1.94. The van der Waals surface area contributed by atoms with Crippen molar-refractivity contribution in [1.82, 2.24) is 20.2 Å². The van der Waals surface area contributed by atoms with Crippen LogP contribution in [-0.4, -0.2) is 38.6 Å². The normalized spacial score (nSPS) is 12.1. The number of nitrogens with zero attached hydrogens (tertiary/aromatic N) is 5. The summed E-state index contributed by atoms with van der Waals surface area (Å²) in [5.41, 5.74) is 5.84. The molecule has 0 aliphatic heterocycles. The second-order valence-electron chi connectivity index (χ2n) is 5.99. The smallest absolute Gasteiger partial charge is 0.357 e. The van der Waals surface area contributed by atoms with E-state index in [4.69, 9.17) is 20.1 Å². The molecular formula is C20H16N6O4. The Bertz CT molecular complexity index is 1150. The predicted molar refractivity (Wildman–Crippen MR) is 105 cm³/mol. The van der Waals surface area contributed by atoms with E-state index in [2.05, 4.69) is 15.5 Å². The van der Waals surface area contributed by atoms with Crippen molar-refractivity contribution in [2.75, 3.05) is 6.61 Å². The molecule has 0 aliphatic carbocycles. The van der Waals surface area contributed by atoms with Crippen molar-refractivity contribution in [2.24, 2.45) is 5.73 Å². The summed E-state index contributed by atoms with van der Waals surface area (Å²) in [7, 11) is 0. The standard InChI is InChI=1S/C20H16N6O4/c1-13(22)16(11-21)18(27)12-30-20(28)17(10-15-8-5-9-29-15)26-19(23-24-25-26)14-6-3-2-4-7-14/h2-10H,12,22H2,1H3/b16-13-,17-10+. The molecule has 3 rings (SSSR count). The molecule has 3 aromatic rings. The summed E-state index contributed by atoms with van der Waals surface area (Å²) < 4.78 is 11.6. The van der Waals surface area contributed by atoms with Crippen LogP contribution in [0.2, 0.25) is 0 Å². The maximum absolute atomic E-state index is 12.8. The quantitative estimate of drug-likeness (QED) is 0.353. The van der Waals surface area contributed by atoms with Gasteiger partial charge in [-0.25, -0.2) is 4.79 Å². The van der Waals surface area contributed by atoms with Gasteiger partial charge in [-0.15, -0.1) is 5.10 Å². The number of ether oxygens (including phenoxy) is 1. The number of furan rings is 1. The fourth-order valence-corrected chi connectivity index (χ4v) is 2.48. The predicted octanol–water partition coefficient (Wildman–Crippen LogP) is 1.80. The highest BCUT2D eigenvalue weighted by Gasteiger charge is 2.23. The number of allylic oxidation sites excluding steroid dienone is 1. The molecule has 0 unspecified atom stereocenters. The molecule has 2 N–H and O–H groups in total. The molecule has 150 valence electrons. The van der Waals surface area contributed by atoms with Crippen LogP contribution in [0.3, 0.4) is 0 Å². The molecular weight excluding hydrogens is 388 g/mol. The average molecular weight is 404 g/mol. The second kappa shape index (κ2) is 9.11. The lowest BCUT2D eigenvalue weighted by molar-refractivity contribution is -0.141. The summed E-state index contributed by atoms with van der Waals surface area (Å²) >= 11 is 0. The second-order valence-corrected chi connectivity index (χ2v) is 5.99. The number of ketones is 1. The van der Waals surface area contributed by atoms with Crippen molar-refractivity contribution < 1.29 is 18.7 Å². The van der Waals surface area contributed by atoms with Gasteiger partial charge in [0.2, 0.25) is 5.78 Å². The molecule has 0 amide bonds. The van der Waals surface area contributed by atoms with E-state index in [9.17, 15) is 9.59 Å². The molecule has 30 heavy (non-hydrogen) atoms. The first kappa shape index (κ1) is 20.2. The topological polar surface area (TPSA) is 150 Å². The van der Waals surface area contributed by atoms with Crippen LogP contribution in [0.5, 0.6) is 0 Å². The lowest BCUT2D eigenvalue weighted by atomic mass is 10.1. The van der Waals surface area contributed by atoms with Crippen LogP contribution in [0.25, 0.3) is 23.2 Å². The van der Waals surface area contributed by atoms with Crippen molar-refractivity contribution in [3.05, 3.63) is 65.8 Å². The highest BCUT2D eigenvalue weighted by atomic mass is 16.5. The largest absolute Gasteiger partial charge is 0.465 e. The molecule has 1 aromatic carbocycles. The molecule has 0 atom stereocenters. The minimum Gasteiger partial charge on any atom is -0.465 e. The average Bonchev–Trinajstić information content (AvgIpc) is 3.43. The minimum atomic E-state index is -0.892. The minimum absolute atomic E-state index is 0.0386. The molecule has 2 heterocycles. The number of rotatable bonds is 7. The van der Waals surface area contributed by atoms with Gasteiger partial charge in [-0.05, 0) is 29.5 Å². The Morgan fingerprint density at radius 1 is 1.27 bits per heavy atom. The summed E-state index contributed by atoms with van der Waals surface area (Å²) in [6, 6.07) is 13.9. The fourth-order valence-electron chi connectivity index (χ4n) is 2.48. The Labute approximate surface area is 170 Å². The third-order valence-corrected chi connectivity index (χ3v) is 3.88. The maximum Gasteiger partial charge on any atom is 0.357 e. The van der Waals surface area contributed by atoms with E-state index in [1.165, 1.54) is 23.9 Å². The number of aromatic nitrogens is 4. The monoisotopic (exact) mass is 404 g/mol. The Morgan fingerprint density at radius 2 is 2.03 bits per heavy atom. The molecule has 0 spiro atoms. The first-order chi connectivity index (χ1) is 14.5. The van der Waals surface area contributed by atoms with Crippen molar-refractivity contribution in [3.8, 4) is 17.5 Å². The number of carbonyl (C=O) groups excluding carboxylic acids is 2. The zero-order valence-electron chi connectivity index (χ0n) is 15.8. The molecule has 0 aliphatic rings.